The van der Waals surface area contributed by atoms with Gasteiger partial charge in [-0.2, -0.15) is 0 Å². The summed E-state index contributed by atoms with van der Waals surface area (Å²) in [5.41, 5.74) is 0.735. The minimum Gasteiger partial charge on any atom is -0.480 e. The first-order chi connectivity index (χ1) is 9.97. The summed E-state index contributed by atoms with van der Waals surface area (Å²) in [5.74, 6) is 0.277. The lowest BCUT2D eigenvalue weighted by atomic mass is 10.1. The summed E-state index contributed by atoms with van der Waals surface area (Å²) < 4.78 is 18.4. The molecule has 1 heterocycles. The lowest BCUT2D eigenvalue weighted by Gasteiger charge is -2.14. The molecule has 4 nitrogen and oxygen atoms in total. The Morgan fingerprint density at radius 1 is 1.38 bits per heavy atom. The molecule has 0 saturated heterocycles. The van der Waals surface area contributed by atoms with E-state index in [1.165, 1.54) is 23.9 Å². The van der Waals surface area contributed by atoms with Crippen molar-refractivity contribution in [3.05, 3.63) is 42.2 Å². The van der Waals surface area contributed by atoms with Gasteiger partial charge in [-0.05, 0) is 30.2 Å². The maximum absolute atomic E-state index is 12.9. The van der Waals surface area contributed by atoms with Crippen LogP contribution in [0.1, 0.15) is 19.7 Å². The number of thioether (sulfide) groups is 1. The highest BCUT2D eigenvalue weighted by atomic mass is 32.2. The number of rotatable bonds is 6. The van der Waals surface area contributed by atoms with Crippen LogP contribution in [0.5, 0.6) is 0 Å². The van der Waals surface area contributed by atoms with E-state index in [0.29, 0.717) is 17.4 Å². The van der Waals surface area contributed by atoms with E-state index >= 15 is 0 Å². The summed E-state index contributed by atoms with van der Waals surface area (Å²) in [6, 6.07) is 5.93. The fourth-order valence-electron chi connectivity index (χ4n) is 1.83. The molecule has 112 valence electrons. The molecule has 6 heteroatoms. The lowest BCUT2D eigenvalue weighted by molar-refractivity contribution is -0.137. The van der Waals surface area contributed by atoms with Crippen LogP contribution in [-0.4, -0.2) is 21.3 Å². The minimum absolute atomic E-state index is 0.0269. The fraction of sp³-hybridized carbons (Fsp3) is 0.333. The average molecular weight is 309 g/mol. The van der Waals surface area contributed by atoms with Crippen LogP contribution in [0, 0.1) is 11.7 Å². The van der Waals surface area contributed by atoms with E-state index in [1.54, 1.807) is 18.3 Å². The summed E-state index contributed by atoms with van der Waals surface area (Å²) in [4.78, 5) is 15.2. The van der Waals surface area contributed by atoms with E-state index in [9.17, 15) is 9.18 Å². The summed E-state index contributed by atoms with van der Waals surface area (Å²) >= 11 is 1.29. The normalized spacial score (nSPS) is 12.6. The molecule has 0 radical (unpaired) electrons. The third kappa shape index (κ3) is 4.07. The van der Waals surface area contributed by atoms with Gasteiger partial charge in [0.1, 0.15) is 11.1 Å². The standard InChI is InChI=1S/C15H16FNO3S/c1-9(2)14(15(18)19)21-8-13-17-7-12(20-13)10-3-5-11(16)6-4-10/h3-7,9,14H,8H2,1-2H3,(H,18,19). The van der Waals surface area contributed by atoms with E-state index in [1.807, 2.05) is 13.8 Å². The molecule has 0 aliphatic heterocycles. The van der Waals surface area contributed by atoms with Crippen LogP contribution in [0.2, 0.25) is 0 Å². The summed E-state index contributed by atoms with van der Waals surface area (Å²) in [6.45, 7) is 3.73. The van der Waals surface area contributed by atoms with Gasteiger partial charge < -0.3 is 9.52 Å². The number of carboxylic acid groups (broad SMARTS) is 1. The SMILES string of the molecule is CC(C)C(SCc1ncc(-c2ccc(F)cc2)o1)C(=O)O. The molecule has 0 amide bonds. The highest BCUT2D eigenvalue weighted by Gasteiger charge is 2.22. The number of halogens is 1. The van der Waals surface area contributed by atoms with Gasteiger partial charge in [0.05, 0.1) is 11.9 Å². The topological polar surface area (TPSA) is 63.3 Å². The molecule has 1 N–H and O–H groups in total. The highest BCUT2D eigenvalue weighted by Crippen LogP contribution is 2.26. The number of carboxylic acids is 1. The van der Waals surface area contributed by atoms with Crippen molar-refractivity contribution < 1.29 is 18.7 Å². The maximum atomic E-state index is 12.9. The molecule has 21 heavy (non-hydrogen) atoms. The molecule has 0 aliphatic carbocycles. The van der Waals surface area contributed by atoms with E-state index in [4.69, 9.17) is 9.52 Å². The second kappa shape index (κ2) is 6.76. The Hall–Kier alpha value is -1.82. The quantitative estimate of drug-likeness (QED) is 0.878. The number of aromatic nitrogens is 1. The van der Waals surface area contributed by atoms with Crippen LogP contribution in [0.25, 0.3) is 11.3 Å². The molecule has 2 aromatic rings. The van der Waals surface area contributed by atoms with Crippen molar-refractivity contribution >= 4 is 17.7 Å². The molecular formula is C15H16FNO3S. The molecule has 1 aromatic carbocycles. The molecule has 1 aromatic heterocycles. The second-order valence-electron chi connectivity index (χ2n) is 4.94. The number of nitrogens with zero attached hydrogens (tertiary/aromatic N) is 1. The molecule has 0 saturated carbocycles. The summed E-state index contributed by atoms with van der Waals surface area (Å²) in [7, 11) is 0. The molecule has 0 aliphatic rings. The average Bonchev–Trinajstić information content (AvgIpc) is 2.87. The molecule has 2 rings (SSSR count). The highest BCUT2D eigenvalue weighted by molar-refractivity contribution is 7.99. The fourth-order valence-corrected chi connectivity index (χ4v) is 2.82. The van der Waals surface area contributed by atoms with Crippen molar-refractivity contribution in [2.45, 2.75) is 24.9 Å². The van der Waals surface area contributed by atoms with Crippen LogP contribution in [-0.2, 0) is 10.5 Å². The van der Waals surface area contributed by atoms with Gasteiger partial charge in [0.2, 0.25) is 5.89 Å². The Kier molecular flexibility index (Phi) is 5.01. The first-order valence-electron chi connectivity index (χ1n) is 6.52. The molecule has 1 atom stereocenters. The number of benzene rings is 1. The Balaban J connectivity index is 2.03. The van der Waals surface area contributed by atoms with E-state index in [0.717, 1.165) is 5.56 Å². The minimum atomic E-state index is -0.833. The predicted octanol–water partition coefficient (Wildman–Crippen LogP) is 3.82. The maximum Gasteiger partial charge on any atom is 0.316 e. The molecule has 1 unspecified atom stereocenters. The van der Waals surface area contributed by atoms with Gasteiger partial charge in [0.15, 0.2) is 5.76 Å². The Bertz CT molecular complexity index is 610. The number of hydrogen-bond acceptors (Lipinski definition) is 4. The first-order valence-corrected chi connectivity index (χ1v) is 7.57. The van der Waals surface area contributed by atoms with Crippen molar-refractivity contribution in [3.63, 3.8) is 0 Å². The molecular weight excluding hydrogens is 293 g/mol. The monoisotopic (exact) mass is 309 g/mol. The van der Waals surface area contributed by atoms with Gasteiger partial charge in [0, 0.05) is 5.56 Å². The van der Waals surface area contributed by atoms with Gasteiger partial charge in [-0.1, -0.05) is 13.8 Å². The zero-order valence-electron chi connectivity index (χ0n) is 11.7. The van der Waals surface area contributed by atoms with Crippen molar-refractivity contribution in [2.75, 3.05) is 0 Å². The molecule has 0 fully saturated rings. The lowest BCUT2D eigenvalue weighted by Crippen LogP contribution is -2.22. The Morgan fingerprint density at radius 2 is 2.05 bits per heavy atom. The van der Waals surface area contributed by atoms with E-state index in [2.05, 4.69) is 4.98 Å². The van der Waals surface area contributed by atoms with Crippen molar-refractivity contribution in [1.82, 2.24) is 4.98 Å². The zero-order valence-corrected chi connectivity index (χ0v) is 12.6. The van der Waals surface area contributed by atoms with Crippen molar-refractivity contribution in [3.8, 4) is 11.3 Å². The third-order valence-corrected chi connectivity index (χ3v) is 4.44. The number of oxazole rings is 1. The van der Waals surface area contributed by atoms with Crippen molar-refractivity contribution in [1.29, 1.82) is 0 Å². The van der Waals surface area contributed by atoms with Gasteiger partial charge in [-0.25, -0.2) is 9.37 Å². The van der Waals surface area contributed by atoms with Crippen LogP contribution >= 0.6 is 11.8 Å². The number of hydrogen-bond donors (Lipinski definition) is 1. The number of aliphatic carboxylic acids is 1. The van der Waals surface area contributed by atoms with Crippen LogP contribution < -0.4 is 0 Å². The first kappa shape index (κ1) is 15.6. The van der Waals surface area contributed by atoms with Gasteiger partial charge in [0.25, 0.3) is 0 Å². The van der Waals surface area contributed by atoms with Gasteiger partial charge in [-0.3, -0.25) is 4.79 Å². The van der Waals surface area contributed by atoms with E-state index < -0.39 is 11.2 Å². The Labute approximate surface area is 126 Å². The van der Waals surface area contributed by atoms with Crippen LogP contribution in [0.15, 0.2) is 34.9 Å². The third-order valence-electron chi connectivity index (χ3n) is 2.92. The van der Waals surface area contributed by atoms with Crippen LogP contribution in [0.3, 0.4) is 0 Å². The molecule has 0 spiro atoms. The van der Waals surface area contributed by atoms with E-state index in [-0.39, 0.29) is 11.7 Å². The smallest absolute Gasteiger partial charge is 0.316 e. The zero-order chi connectivity index (χ0) is 15.4. The Morgan fingerprint density at radius 3 is 2.62 bits per heavy atom. The van der Waals surface area contributed by atoms with Gasteiger partial charge >= 0.3 is 5.97 Å². The largest absolute Gasteiger partial charge is 0.480 e. The van der Waals surface area contributed by atoms with Crippen molar-refractivity contribution in [2.24, 2.45) is 5.92 Å². The van der Waals surface area contributed by atoms with Crippen LogP contribution in [0.4, 0.5) is 4.39 Å². The predicted molar refractivity (Wildman–Crippen MR) is 79.5 cm³/mol. The second-order valence-corrected chi connectivity index (χ2v) is 6.07. The molecule has 0 bridgehead atoms. The number of carbonyl (C=O) groups is 1. The summed E-state index contributed by atoms with van der Waals surface area (Å²) in [6.07, 6.45) is 1.56. The summed E-state index contributed by atoms with van der Waals surface area (Å²) in [5, 5.41) is 8.63. The van der Waals surface area contributed by atoms with Gasteiger partial charge in [-0.15, -0.1) is 11.8 Å².